The van der Waals surface area contributed by atoms with Crippen LogP contribution in [0.2, 0.25) is 0 Å². The van der Waals surface area contributed by atoms with E-state index >= 15 is 0 Å². The summed E-state index contributed by atoms with van der Waals surface area (Å²) in [6, 6.07) is 6.04. The molecule has 0 aliphatic rings. The number of aryl methyl sites for hydroxylation is 1. The van der Waals surface area contributed by atoms with E-state index in [1.165, 1.54) is 12.1 Å². The molecule has 1 aromatic carbocycles. The number of carbonyl (C=O) groups excluding carboxylic acids is 1. The maximum Gasteiger partial charge on any atom is 0.490 e. The Morgan fingerprint density at radius 2 is 1.72 bits per heavy atom. The zero-order valence-electron chi connectivity index (χ0n) is 18.3. The highest BCUT2D eigenvalue weighted by Crippen LogP contribution is 2.24. The molecular formula is C21H27F4N3O4. The lowest BCUT2D eigenvalue weighted by Crippen LogP contribution is -2.40. The number of carboxylic acid groups (broad SMARTS) is 1. The van der Waals surface area contributed by atoms with Crippen LogP contribution in [0.3, 0.4) is 0 Å². The first-order chi connectivity index (χ1) is 14.7. The number of halogens is 4. The van der Waals surface area contributed by atoms with E-state index in [2.05, 4.69) is 29.2 Å². The SMILES string of the molecule is CN(C)CC(C)(C)CNC(=O)CCc1cnoc1-c1ccc(F)cc1.O=C(O)C(F)(F)F. The van der Waals surface area contributed by atoms with Gasteiger partial charge in [-0.3, -0.25) is 4.79 Å². The van der Waals surface area contributed by atoms with E-state index < -0.39 is 12.1 Å². The number of rotatable bonds is 8. The molecular weight excluding hydrogens is 434 g/mol. The topological polar surface area (TPSA) is 95.7 Å². The number of benzene rings is 1. The molecule has 0 saturated carbocycles. The van der Waals surface area contributed by atoms with Crippen molar-refractivity contribution >= 4 is 11.9 Å². The predicted molar refractivity (Wildman–Crippen MR) is 109 cm³/mol. The van der Waals surface area contributed by atoms with E-state index in [4.69, 9.17) is 14.4 Å². The number of carboxylic acids is 1. The molecule has 0 fully saturated rings. The Kier molecular flexibility index (Phi) is 9.82. The van der Waals surface area contributed by atoms with Crippen molar-refractivity contribution in [3.63, 3.8) is 0 Å². The van der Waals surface area contributed by atoms with Gasteiger partial charge in [0.05, 0.1) is 6.20 Å². The van der Waals surface area contributed by atoms with Gasteiger partial charge in [0.1, 0.15) is 5.82 Å². The minimum absolute atomic E-state index is 0.00177. The van der Waals surface area contributed by atoms with E-state index in [-0.39, 0.29) is 17.1 Å². The van der Waals surface area contributed by atoms with Gasteiger partial charge >= 0.3 is 12.1 Å². The second-order valence-corrected chi connectivity index (χ2v) is 8.17. The Labute approximate surface area is 183 Å². The summed E-state index contributed by atoms with van der Waals surface area (Å²) in [5, 5.41) is 13.9. The zero-order valence-corrected chi connectivity index (χ0v) is 18.3. The van der Waals surface area contributed by atoms with E-state index in [0.29, 0.717) is 25.1 Å². The highest BCUT2D eigenvalue weighted by Gasteiger charge is 2.38. The van der Waals surface area contributed by atoms with Crippen LogP contribution in [0, 0.1) is 11.2 Å². The molecule has 0 aliphatic carbocycles. The highest BCUT2D eigenvalue weighted by atomic mass is 19.4. The number of aromatic nitrogens is 1. The number of hydrogen-bond acceptors (Lipinski definition) is 5. The van der Waals surface area contributed by atoms with Crippen molar-refractivity contribution < 1.29 is 36.8 Å². The molecule has 1 heterocycles. The molecule has 2 N–H and O–H groups in total. The Morgan fingerprint density at radius 1 is 1.16 bits per heavy atom. The van der Waals surface area contributed by atoms with Crippen LogP contribution in [0.15, 0.2) is 35.0 Å². The largest absolute Gasteiger partial charge is 0.490 e. The van der Waals surface area contributed by atoms with Gasteiger partial charge in [-0.05, 0) is 50.2 Å². The van der Waals surface area contributed by atoms with Crippen LogP contribution < -0.4 is 5.32 Å². The second kappa shape index (κ2) is 11.6. The zero-order chi connectivity index (χ0) is 24.5. The van der Waals surface area contributed by atoms with Crippen molar-refractivity contribution in [3.8, 4) is 11.3 Å². The summed E-state index contributed by atoms with van der Waals surface area (Å²) in [6.45, 7) is 5.77. The summed E-state index contributed by atoms with van der Waals surface area (Å²) < 4.78 is 50.0. The normalized spacial score (nSPS) is 11.7. The highest BCUT2D eigenvalue weighted by molar-refractivity contribution is 5.76. The Balaban J connectivity index is 0.000000633. The Morgan fingerprint density at radius 3 is 2.22 bits per heavy atom. The first kappa shape index (κ1) is 27.1. The van der Waals surface area contributed by atoms with Crippen LogP contribution in [0.25, 0.3) is 11.3 Å². The fraction of sp³-hybridized carbons (Fsp3) is 0.476. The third kappa shape index (κ3) is 9.90. The summed E-state index contributed by atoms with van der Waals surface area (Å²) in [5.41, 5.74) is 1.60. The van der Waals surface area contributed by atoms with Crippen LogP contribution in [0.5, 0.6) is 0 Å². The number of nitrogens with zero attached hydrogens (tertiary/aromatic N) is 2. The number of hydrogen-bond donors (Lipinski definition) is 2. The fourth-order valence-corrected chi connectivity index (χ4v) is 2.86. The van der Waals surface area contributed by atoms with Crippen molar-refractivity contribution in [2.75, 3.05) is 27.2 Å². The fourth-order valence-electron chi connectivity index (χ4n) is 2.86. The summed E-state index contributed by atoms with van der Waals surface area (Å²) in [6.07, 6.45) is -2.59. The smallest absolute Gasteiger partial charge is 0.475 e. The Hall–Kier alpha value is -2.95. The van der Waals surface area contributed by atoms with Crippen LogP contribution in [-0.2, 0) is 16.0 Å². The quantitative estimate of drug-likeness (QED) is 0.582. The van der Waals surface area contributed by atoms with Gasteiger partial charge in [-0.25, -0.2) is 9.18 Å². The molecule has 178 valence electrons. The number of nitrogens with one attached hydrogen (secondary N) is 1. The molecule has 0 unspecified atom stereocenters. The number of carbonyl (C=O) groups is 2. The molecule has 0 aliphatic heterocycles. The molecule has 0 atom stereocenters. The maximum absolute atomic E-state index is 13.0. The van der Waals surface area contributed by atoms with Crippen molar-refractivity contribution in [3.05, 3.63) is 41.8 Å². The van der Waals surface area contributed by atoms with Gasteiger partial charge < -0.3 is 19.8 Å². The van der Waals surface area contributed by atoms with Gasteiger partial charge in [0.2, 0.25) is 5.91 Å². The number of amides is 1. The molecule has 0 radical (unpaired) electrons. The minimum atomic E-state index is -5.08. The van der Waals surface area contributed by atoms with E-state index in [1.807, 2.05) is 14.1 Å². The third-order valence-corrected chi connectivity index (χ3v) is 4.12. The first-order valence-electron chi connectivity index (χ1n) is 9.62. The predicted octanol–water partition coefficient (Wildman–Crippen LogP) is 3.75. The molecule has 2 aromatic rings. The third-order valence-electron chi connectivity index (χ3n) is 4.12. The Bertz CT molecular complexity index is 878. The van der Waals surface area contributed by atoms with Crippen molar-refractivity contribution in [1.29, 1.82) is 0 Å². The van der Waals surface area contributed by atoms with Gasteiger partial charge in [0, 0.05) is 30.6 Å². The van der Waals surface area contributed by atoms with Gasteiger partial charge in [0.25, 0.3) is 0 Å². The van der Waals surface area contributed by atoms with E-state index in [9.17, 15) is 22.4 Å². The van der Waals surface area contributed by atoms with Gasteiger partial charge in [-0.2, -0.15) is 13.2 Å². The van der Waals surface area contributed by atoms with Gasteiger partial charge in [-0.15, -0.1) is 0 Å². The maximum atomic E-state index is 13.0. The lowest BCUT2D eigenvalue weighted by molar-refractivity contribution is -0.192. The average molecular weight is 461 g/mol. The molecule has 32 heavy (non-hydrogen) atoms. The van der Waals surface area contributed by atoms with Gasteiger partial charge in [-0.1, -0.05) is 19.0 Å². The monoisotopic (exact) mass is 461 g/mol. The van der Waals surface area contributed by atoms with Crippen LogP contribution in [0.1, 0.15) is 25.8 Å². The number of aliphatic carboxylic acids is 1. The molecule has 0 bridgehead atoms. The summed E-state index contributed by atoms with van der Waals surface area (Å²) in [7, 11) is 4.04. The summed E-state index contributed by atoms with van der Waals surface area (Å²) >= 11 is 0. The lowest BCUT2D eigenvalue weighted by atomic mass is 9.93. The lowest BCUT2D eigenvalue weighted by Gasteiger charge is -2.28. The minimum Gasteiger partial charge on any atom is -0.475 e. The molecule has 0 spiro atoms. The standard InChI is InChI=1S/C19H26FN3O2.C2HF3O2/c1-19(2,13-23(3)4)12-21-17(24)10-7-15-11-22-25-18(15)14-5-8-16(20)9-6-14;3-2(4,5)1(6)7/h5-6,8-9,11H,7,10,12-13H2,1-4H3,(H,21,24);(H,6,7). The van der Waals surface area contributed by atoms with Crippen LogP contribution in [0.4, 0.5) is 17.6 Å². The summed E-state index contributed by atoms with van der Waals surface area (Å²) in [4.78, 5) is 23.1. The molecule has 0 saturated heterocycles. The first-order valence-corrected chi connectivity index (χ1v) is 9.62. The molecule has 1 aromatic heterocycles. The molecule has 2 rings (SSSR count). The molecule has 7 nitrogen and oxygen atoms in total. The molecule has 11 heteroatoms. The average Bonchev–Trinajstić information content (AvgIpc) is 3.13. The van der Waals surface area contributed by atoms with Crippen molar-refractivity contribution in [1.82, 2.24) is 15.4 Å². The van der Waals surface area contributed by atoms with Crippen LogP contribution >= 0.6 is 0 Å². The molecule has 1 amide bonds. The van der Waals surface area contributed by atoms with Crippen molar-refractivity contribution in [2.24, 2.45) is 5.41 Å². The second-order valence-electron chi connectivity index (χ2n) is 8.17. The van der Waals surface area contributed by atoms with E-state index in [1.54, 1.807) is 18.3 Å². The van der Waals surface area contributed by atoms with E-state index in [0.717, 1.165) is 17.7 Å². The number of alkyl halides is 3. The van der Waals surface area contributed by atoms with Crippen molar-refractivity contribution in [2.45, 2.75) is 32.9 Å². The van der Waals surface area contributed by atoms with Gasteiger partial charge in [0.15, 0.2) is 5.76 Å². The van der Waals surface area contributed by atoms with Crippen LogP contribution in [-0.4, -0.2) is 60.4 Å². The summed E-state index contributed by atoms with van der Waals surface area (Å²) in [5.74, 6) is -2.48.